The first kappa shape index (κ1) is 41.4. The minimum absolute atomic E-state index is 0.945. The fourth-order valence-corrected chi connectivity index (χ4v) is 6.99. The van der Waals surface area contributed by atoms with Crippen molar-refractivity contribution in [2.75, 3.05) is 0 Å². The van der Waals surface area contributed by atoms with Gasteiger partial charge in [0.25, 0.3) is 0 Å². The van der Waals surface area contributed by atoms with Crippen molar-refractivity contribution in [2.45, 2.75) is 219 Å². The lowest BCUT2D eigenvalue weighted by Gasteiger charge is -2.08. The Bertz CT molecular complexity index is 822. The molecule has 0 amide bonds. The molecule has 0 radical (unpaired) electrons. The molecule has 268 valence electrons. The van der Waals surface area contributed by atoms with Crippen molar-refractivity contribution in [3.05, 3.63) is 59.7 Å². The zero-order valence-electron chi connectivity index (χ0n) is 31.7. The summed E-state index contributed by atoms with van der Waals surface area (Å²) in [5, 5.41) is 0. The molecule has 1 heteroatoms. The van der Waals surface area contributed by atoms with E-state index in [-0.39, 0.29) is 0 Å². The quantitative estimate of drug-likeness (QED) is 0.0687. The maximum absolute atomic E-state index is 6.15. The maximum atomic E-state index is 6.15. The monoisotopic (exact) mass is 647 g/mol. The van der Waals surface area contributed by atoms with E-state index in [9.17, 15) is 0 Å². The average molecular weight is 647 g/mol. The van der Waals surface area contributed by atoms with Gasteiger partial charge < -0.3 is 4.74 Å². The zero-order valence-corrected chi connectivity index (χ0v) is 31.7. The SMILES string of the molecule is CCCCCCCCCCCCCCCCCc1ccc(Oc2ccc(CCCCCCCCCCCCCCCCC)cc2)cc1. The summed E-state index contributed by atoms with van der Waals surface area (Å²) in [4.78, 5) is 0. The second-order valence-electron chi connectivity index (χ2n) is 14.8. The molecule has 0 saturated carbocycles. The van der Waals surface area contributed by atoms with Gasteiger partial charge in [0, 0.05) is 0 Å². The average Bonchev–Trinajstić information content (AvgIpc) is 3.09. The van der Waals surface area contributed by atoms with Crippen LogP contribution in [0.3, 0.4) is 0 Å². The minimum Gasteiger partial charge on any atom is -0.457 e. The Labute approximate surface area is 294 Å². The van der Waals surface area contributed by atoms with Crippen molar-refractivity contribution in [1.29, 1.82) is 0 Å². The Balaban J connectivity index is 1.40. The number of hydrogen-bond donors (Lipinski definition) is 0. The number of aryl methyl sites for hydroxylation is 2. The van der Waals surface area contributed by atoms with Crippen LogP contribution < -0.4 is 4.74 Å². The van der Waals surface area contributed by atoms with Crippen molar-refractivity contribution in [2.24, 2.45) is 0 Å². The molecule has 0 heterocycles. The van der Waals surface area contributed by atoms with Crippen LogP contribution in [0.25, 0.3) is 0 Å². The highest BCUT2D eigenvalue weighted by Crippen LogP contribution is 2.24. The molecular formula is C46H78O. The fourth-order valence-electron chi connectivity index (χ4n) is 6.99. The molecule has 0 bridgehead atoms. The van der Waals surface area contributed by atoms with E-state index < -0.39 is 0 Å². The van der Waals surface area contributed by atoms with Crippen LogP contribution in [0.1, 0.15) is 218 Å². The smallest absolute Gasteiger partial charge is 0.127 e. The standard InChI is InChI=1S/C46H78O/c1-3-5-7-9-11-13-15-17-19-21-23-25-27-29-31-33-43-35-39-45(40-36-43)47-46-41-37-44(38-42-46)34-32-30-28-26-24-22-20-18-16-14-12-10-8-6-4-2/h35-42H,3-34H2,1-2H3. The van der Waals surface area contributed by atoms with Gasteiger partial charge in [0.15, 0.2) is 0 Å². The predicted molar refractivity (Wildman–Crippen MR) is 210 cm³/mol. The molecule has 0 unspecified atom stereocenters. The van der Waals surface area contributed by atoms with Crippen molar-refractivity contribution in [3.8, 4) is 11.5 Å². The summed E-state index contributed by atoms with van der Waals surface area (Å²) in [6.45, 7) is 4.60. The van der Waals surface area contributed by atoms with E-state index in [0.29, 0.717) is 0 Å². The number of benzene rings is 2. The molecule has 0 aliphatic rings. The van der Waals surface area contributed by atoms with E-state index in [0.717, 1.165) is 11.5 Å². The molecule has 0 N–H and O–H groups in total. The number of unbranched alkanes of at least 4 members (excludes halogenated alkanes) is 28. The first-order chi connectivity index (χ1) is 23.3. The van der Waals surface area contributed by atoms with Gasteiger partial charge in [-0.05, 0) is 61.1 Å². The highest BCUT2D eigenvalue weighted by Gasteiger charge is 2.01. The van der Waals surface area contributed by atoms with Crippen molar-refractivity contribution in [1.82, 2.24) is 0 Å². The van der Waals surface area contributed by atoms with Crippen LogP contribution in [0, 0.1) is 0 Å². The molecule has 0 atom stereocenters. The van der Waals surface area contributed by atoms with E-state index in [4.69, 9.17) is 4.74 Å². The second-order valence-corrected chi connectivity index (χ2v) is 14.8. The van der Waals surface area contributed by atoms with Gasteiger partial charge >= 0.3 is 0 Å². The van der Waals surface area contributed by atoms with Crippen LogP contribution in [-0.4, -0.2) is 0 Å². The molecule has 2 aromatic carbocycles. The van der Waals surface area contributed by atoms with E-state index in [1.807, 2.05) is 0 Å². The van der Waals surface area contributed by atoms with Crippen LogP contribution in [0.4, 0.5) is 0 Å². The summed E-state index contributed by atoms with van der Waals surface area (Å²) in [7, 11) is 0. The third-order valence-corrected chi connectivity index (χ3v) is 10.2. The molecule has 2 rings (SSSR count). The predicted octanol–water partition coefficient (Wildman–Crippen LogP) is 16.3. The topological polar surface area (TPSA) is 9.23 Å². The van der Waals surface area contributed by atoms with Gasteiger partial charge in [-0.25, -0.2) is 0 Å². The third kappa shape index (κ3) is 25.0. The summed E-state index contributed by atoms with van der Waals surface area (Å²) in [6.07, 6.45) is 45.1. The first-order valence-corrected chi connectivity index (χ1v) is 21.2. The number of rotatable bonds is 34. The van der Waals surface area contributed by atoms with Crippen LogP contribution in [-0.2, 0) is 12.8 Å². The molecule has 47 heavy (non-hydrogen) atoms. The van der Waals surface area contributed by atoms with Gasteiger partial charge in [-0.3, -0.25) is 0 Å². The molecule has 0 spiro atoms. The van der Waals surface area contributed by atoms with Crippen LogP contribution in [0.2, 0.25) is 0 Å². The summed E-state index contributed by atoms with van der Waals surface area (Å²) < 4.78 is 6.15. The Kier molecular flexibility index (Phi) is 27.8. The number of hydrogen-bond acceptors (Lipinski definition) is 1. The third-order valence-electron chi connectivity index (χ3n) is 10.2. The molecular weight excluding hydrogens is 569 g/mol. The molecule has 0 aromatic heterocycles. The minimum atomic E-state index is 0.945. The summed E-state index contributed by atoms with van der Waals surface area (Å²) in [5.41, 5.74) is 2.87. The van der Waals surface area contributed by atoms with Crippen LogP contribution >= 0.6 is 0 Å². The lowest BCUT2D eigenvalue weighted by Crippen LogP contribution is -1.90. The molecule has 1 nitrogen and oxygen atoms in total. The molecule has 0 aliphatic heterocycles. The lowest BCUT2D eigenvalue weighted by molar-refractivity contribution is 0.482. The van der Waals surface area contributed by atoms with Crippen molar-refractivity contribution < 1.29 is 4.74 Å². The normalized spacial score (nSPS) is 11.4. The Morgan fingerprint density at radius 1 is 0.277 bits per heavy atom. The fraction of sp³-hybridized carbons (Fsp3) is 0.739. The van der Waals surface area contributed by atoms with Gasteiger partial charge in [-0.15, -0.1) is 0 Å². The van der Waals surface area contributed by atoms with E-state index in [2.05, 4.69) is 62.4 Å². The largest absolute Gasteiger partial charge is 0.457 e. The molecule has 2 aromatic rings. The molecule has 0 saturated heterocycles. The van der Waals surface area contributed by atoms with Gasteiger partial charge in [0.05, 0.1) is 0 Å². The van der Waals surface area contributed by atoms with Crippen LogP contribution in [0.5, 0.6) is 11.5 Å². The zero-order chi connectivity index (χ0) is 33.3. The first-order valence-electron chi connectivity index (χ1n) is 21.2. The van der Waals surface area contributed by atoms with Gasteiger partial charge in [-0.1, -0.05) is 218 Å². The van der Waals surface area contributed by atoms with Gasteiger partial charge in [0.1, 0.15) is 11.5 Å². The van der Waals surface area contributed by atoms with Crippen molar-refractivity contribution in [3.63, 3.8) is 0 Å². The van der Waals surface area contributed by atoms with Crippen LogP contribution in [0.15, 0.2) is 48.5 Å². The molecule has 0 aliphatic carbocycles. The highest BCUT2D eigenvalue weighted by molar-refractivity contribution is 5.34. The molecule has 0 fully saturated rings. The summed E-state index contributed by atoms with van der Waals surface area (Å²) >= 11 is 0. The van der Waals surface area contributed by atoms with Crippen molar-refractivity contribution >= 4 is 0 Å². The Morgan fingerprint density at radius 2 is 0.489 bits per heavy atom. The number of ether oxygens (including phenoxy) is 1. The van der Waals surface area contributed by atoms with E-state index in [1.54, 1.807) is 0 Å². The highest BCUT2D eigenvalue weighted by atomic mass is 16.5. The van der Waals surface area contributed by atoms with E-state index >= 15 is 0 Å². The van der Waals surface area contributed by atoms with E-state index in [1.165, 1.54) is 217 Å². The summed E-state index contributed by atoms with van der Waals surface area (Å²) in [6, 6.07) is 17.6. The Hall–Kier alpha value is -1.76. The van der Waals surface area contributed by atoms with Gasteiger partial charge in [-0.2, -0.15) is 0 Å². The lowest BCUT2D eigenvalue weighted by atomic mass is 10.0. The maximum Gasteiger partial charge on any atom is 0.127 e. The Morgan fingerprint density at radius 3 is 0.723 bits per heavy atom. The van der Waals surface area contributed by atoms with Gasteiger partial charge in [0.2, 0.25) is 0 Å². The summed E-state index contributed by atoms with van der Waals surface area (Å²) in [5.74, 6) is 1.89. The second kappa shape index (κ2) is 31.5.